The molecule has 0 aliphatic heterocycles. The Balaban J connectivity index is 2.27. The van der Waals surface area contributed by atoms with E-state index in [1.54, 1.807) is 6.07 Å². The Hall–Kier alpha value is -4.15. The number of guanidine groups is 1. The SMILES string of the molecule is CC(=O)N[C@@H](CO)C(=O)N[C@@H](CCCCN)C(=O)NC(CC(C)C)C(=O)N[C@@H](CCCNC(=N)N)C(=O)c1nc2ccccc2s1. The number of aliphatic hydroxyl groups excluding tert-OH is 1. The Kier molecular flexibility index (Phi) is 16.0. The van der Waals surface area contributed by atoms with Crippen molar-refractivity contribution in [2.45, 2.75) is 83.5 Å². The maximum Gasteiger partial charge on any atom is 0.245 e. The molecule has 0 fully saturated rings. The second-order valence-electron chi connectivity index (χ2n) is 11.4. The van der Waals surface area contributed by atoms with Gasteiger partial charge < -0.3 is 43.2 Å². The predicted molar refractivity (Wildman–Crippen MR) is 176 cm³/mol. The summed E-state index contributed by atoms with van der Waals surface area (Å²) in [5.41, 5.74) is 11.7. The summed E-state index contributed by atoms with van der Waals surface area (Å²) in [6, 6.07) is 2.94. The number of hydrogen-bond acceptors (Lipinski definition) is 10. The number of amides is 4. The summed E-state index contributed by atoms with van der Waals surface area (Å²) in [4.78, 5) is 69.6. The van der Waals surface area contributed by atoms with E-state index in [4.69, 9.17) is 16.9 Å². The fourth-order valence-corrected chi connectivity index (χ4v) is 5.61. The van der Waals surface area contributed by atoms with Gasteiger partial charge in [0.25, 0.3) is 0 Å². The molecule has 0 spiro atoms. The highest BCUT2D eigenvalue weighted by molar-refractivity contribution is 7.20. The molecule has 0 aliphatic rings. The summed E-state index contributed by atoms with van der Waals surface area (Å²) in [5, 5.41) is 30.3. The van der Waals surface area contributed by atoms with Crippen molar-refractivity contribution in [3.8, 4) is 0 Å². The Labute approximate surface area is 272 Å². The molecule has 0 bridgehead atoms. The van der Waals surface area contributed by atoms with Gasteiger partial charge in [-0.25, -0.2) is 4.98 Å². The Bertz CT molecular complexity index is 1320. The molecule has 0 radical (unpaired) electrons. The van der Waals surface area contributed by atoms with Gasteiger partial charge in [-0.05, 0) is 63.1 Å². The molecule has 2 aromatic rings. The quantitative estimate of drug-likeness (QED) is 0.0393. The third-order valence-electron chi connectivity index (χ3n) is 6.92. The molecular formula is C30H47N9O6S. The lowest BCUT2D eigenvalue weighted by Crippen LogP contribution is -2.58. The number of Topliss-reactive ketones (excluding diaryl/α,β-unsaturated/α-hetero) is 1. The number of para-hydroxylation sites is 1. The highest BCUT2D eigenvalue weighted by Crippen LogP contribution is 2.23. The molecule has 4 atom stereocenters. The number of nitrogens with zero attached hydrogens (tertiary/aromatic N) is 1. The molecule has 46 heavy (non-hydrogen) atoms. The van der Waals surface area contributed by atoms with Gasteiger partial charge in [-0.2, -0.15) is 0 Å². The summed E-state index contributed by atoms with van der Waals surface area (Å²) in [7, 11) is 0. The van der Waals surface area contributed by atoms with Crippen molar-refractivity contribution in [1.82, 2.24) is 31.6 Å². The second-order valence-corrected chi connectivity index (χ2v) is 12.4. The van der Waals surface area contributed by atoms with E-state index in [1.165, 1.54) is 18.3 Å². The van der Waals surface area contributed by atoms with Crippen LogP contribution in [0.2, 0.25) is 0 Å². The molecule has 1 heterocycles. The minimum Gasteiger partial charge on any atom is -0.394 e. The van der Waals surface area contributed by atoms with Crippen molar-refractivity contribution in [2.75, 3.05) is 19.7 Å². The Morgan fingerprint density at radius 1 is 0.891 bits per heavy atom. The zero-order valence-electron chi connectivity index (χ0n) is 26.6. The number of nitrogens with one attached hydrogen (secondary N) is 6. The lowest BCUT2D eigenvalue weighted by atomic mass is 10.00. The number of nitrogens with two attached hydrogens (primary N) is 2. The Morgan fingerprint density at radius 2 is 1.50 bits per heavy atom. The van der Waals surface area contributed by atoms with Crippen LogP contribution in [0.3, 0.4) is 0 Å². The molecule has 1 aromatic carbocycles. The maximum absolute atomic E-state index is 13.7. The Morgan fingerprint density at radius 3 is 2.11 bits per heavy atom. The van der Waals surface area contributed by atoms with E-state index in [-0.39, 0.29) is 41.9 Å². The normalized spacial score (nSPS) is 13.7. The predicted octanol–water partition coefficient (Wildman–Crippen LogP) is -0.131. The molecule has 1 aromatic heterocycles. The van der Waals surface area contributed by atoms with E-state index in [1.807, 2.05) is 32.0 Å². The van der Waals surface area contributed by atoms with Crippen molar-refractivity contribution in [3.63, 3.8) is 0 Å². The number of thiazole rings is 1. The van der Waals surface area contributed by atoms with Gasteiger partial charge in [-0.1, -0.05) is 26.0 Å². The number of ketones is 1. The zero-order valence-corrected chi connectivity index (χ0v) is 27.4. The first-order valence-corrected chi connectivity index (χ1v) is 16.1. The smallest absolute Gasteiger partial charge is 0.245 e. The van der Waals surface area contributed by atoms with Crippen LogP contribution in [0.15, 0.2) is 24.3 Å². The summed E-state index contributed by atoms with van der Waals surface area (Å²) in [6.45, 7) is 4.96. The van der Waals surface area contributed by atoms with Crippen molar-refractivity contribution >= 4 is 56.9 Å². The first-order chi connectivity index (χ1) is 21.9. The van der Waals surface area contributed by atoms with Crippen molar-refractivity contribution < 1.29 is 29.1 Å². The second kappa shape index (κ2) is 19.4. The number of carbonyl (C=O) groups is 5. The van der Waals surface area contributed by atoms with E-state index in [9.17, 15) is 29.1 Å². The molecule has 0 saturated heterocycles. The number of aliphatic hydroxyl groups is 1. The van der Waals surface area contributed by atoms with Gasteiger partial charge >= 0.3 is 0 Å². The van der Waals surface area contributed by atoms with E-state index >= 15 is 0 Å². The average Bonchev–Trinajstić information content (AvgIpc) is 3.44. The number of fused-ring (bicyclic) bond motifs is 1. The summed E-state index contributed by atoms with van der Waals surface area (Å²) in [5.74, 6) is -3.13. The van der Waals surface area contributed by atoms with Crippen LogP contribution in [-0.2, 0) is 19.2 Å². The lowest BCUT2D eigenvalue weighted by molar-refractivity contribution is -0.134. The van der Waals surface area contributed by atoms with Crippen molar-refractivity contribution in [1.29, 1.82) is 5.41 Å². The minimum absolute atomic E-state index is 0.0296. The van der Waals surface area contributed by atoms with Gasteiger partial charge in [0.05, 0.1) is 22.9 Å². The standard InChI is InChI=1S/C30H47N9O6S/c1-17(2)15-22(38-26(43)21(10-6-7-13-31)37-28(45)23(16-40)35-18(3)41)27(44)36-20(11-8-14-34-30(32)33)25(42)29-39-19-9-4-5-12-24(19)46-29/h4-5,9,12,17,20-23,40H,6-8,10-11,13-16,31H2,1-3H3,(H,35,41)(H,36,44)(H,37,45)(H,38,43)(H4,32,33,34)/t20-,21-,22?,23-/m0/s1. The monoisotopic (exact) mass is 661 g/mol. The third kappa shape index (κ3) is 12.7. The van der Waals surface area contributed by atoms with E-state index < -0.39 is 54.4 Å². The van der Waals surface area contributed by atoms with E-state index in [0.717, 1.165) is 4.70 Å². The largest absolute Gasteiger partial charge is 0.394 e. The van der Waals surface area contributed by atoms with E-state index in [0.29, 0.717) is 37.9 Å². The van der Waals surface area contributed by atoms with Crippen LogP contribution in [0.1, 0.15) is 69.1 Å². The first kappa shape index (κ1) is 38.0. The molecule has 4 amide bonds. The molecule has 0 saturated carbocycles. The average molecular weight is 662 g/mol. The molecule has 0 aliphatic carbocycles. The van der Waals surface area contributed by atoms with Gasteiger partial charge in [-0.15, -0.1) is 11.3 Å². The summed E-state index contributed by atoms with van der Waals surface area (Å²) in [6.07, 6.45) is 2.13. The number of hydrogen-bond donors (Lipinski definition) is 9. The number of unbranched alkanes of at least 4 members (excludes halogenated alkanes) is 1. The topological polar surface area (TPSA) is 255 Å². The molecule has 15 nitrogen and oxygen atoms in total. The molecule has 11 N–H and O–H groups in total. The van der Waals surface area contributed by atoms with Crippen LogP contribution >= 0.6 is 11.3 Å². The van der Waals surface area contributed by atoms with Gasteiger partial charge in [0, 0.05) is 13.5 Å². The number of rotatable bonds is 20. The molecule has 2 rings (SSSR count). The highest BCUT2D eigenvalue weighted by atomic mass is 32.1. The van der Waals surface area contributed by atoms with Gasteiger partial charge in [0.15, 0.2) is 11.0 Å². The van der Waals surface area contributed by atoms with Gasteiger partial charge in [0.1, 0.15) is 18.1 Å². The third-order valence-corrected chi connectivity index (χ3v) is 7.97. The van der Waals surface area contributed by atoms with Crippen LogP contribution in [0.25, 0.3) is 10.2 Å². The molecule has 16 heteroatoms. The summed E-state index contributed by atoms with van der Waals surface area (Å²) >= 11 is 1.22. The van der Waals surface area contributed by atoms with Gasteiger partial charge in [-0.3, -0.25) is 29.4 Å². The van der Waals surface area contributed by atoms with Crippen LogP contribution in [0.4, 0.5) is 0 Å². The first-order valence-electron chi connectivity index (χ1n) is 15.3. The van der Waals surface area contributed by atoms with Crippen LogP contribution in [0.5, 0.6) is 0 Å². The van der Waals surface area contributed by atoms with Gasteiger partial charge in [0.2, 0.25) is 29.4 Å². The van der Waals surface area contributed by atoms with Crippen molar-refractivity contribution in [2.24, 2.45) is 17.4 Å². The number of carbonyl (C=O) groups excluding carboxylic acids is 5. The maximum atomic E-state index is 13.7. The van der Waals surface area contributed by atoms with Crippen LogP contribution in [-0.4, -0.2) is 89.3 Å². The number of aromatic nitrogens is 1. The zero-order chi connectivity index (χ0) is 34.2. The van der Waals surface area contributed by atoms with E-state index in [2.05, 4.69) is 31.6 Å². The molecule has 1 unspecified atom stereocenters. The van der Waals surface area contributed by atoms with Crippen LogP contribution < -0.4 is 38.1 Å². The van der Waals surface area contributed by atoms with Crippen LogP contribution in [0, 0.1) is 11.3 Å². The fraction of sp³-hybridized carbons (Fsp3) is 0.567. The molecular weight excluding hydrogens is 614 g/mol. The minimum atomic E-state index is -1.26. The molecule has 254 valence electrons. The lowest BCUT2D eigenvalue weighted by Gasteiger charge is -2.27. The van der Waals surface area contributed by atoms with Crippen molar-refractivity contribution in [3.05, 3.63) is 29.3 Å². The summed E-state index contributed by atoms with van der Waals surface area (Å²) < 4.78 is 0.823. The number of benzene rings is 1. The fourth-order valence-electron chi connectivity index (χ4n) is 4.65. The highest BCUT2D eigenvalue weighted by Gasteiger charge is 2.32.